The van der Waals surface area contributed by atoms with Crippen molar-refractivity contribution in [3.05, 3.63) is 0 Å². The fourth-order valence-corrected chi connectivity index (χ4v) is 0.636. The van der Waals surface area contributed by atoms with Crippen molar-refractivity contribution in [2.75, 3.05) is 6.61 Å². The van der Waals surface area contributed by atoms with E-state index in [9.17, 15) is 9.59 Å². The van der Waals surface area contributed by atoms with Gasteiger partial charge in [0.1, 0.15) is 6.61 Å². The van der Waals surface area contributed by atoms with Gasteiger partial charge in [-0.05, 0) is 20.8 Å². The summed E-state index contributed by atoms with van der Waals surface area (Å²) in [5.74, 6) is -1.37. The number of carboxylic acid groups (broad SMARTS) is 1. The first-order chi connectivity index (χ1) is 5.93. The molecule has 0 aliphatic rings. The van der Waals surface area contributed by atoms with E-state index < -0.39 is 12.1 Å². The fraction of sp³-hybridized carbons (Fsp3) is 0.750. The molecule has 0 aromatic carbocycles. The van der Waals surface area contributed by atoms with E-state index in [0.29, 0.717) is 0 Å². The summed E-state index contributed by atoms with van der Waals surface area (Å²) >= 11 is 0. The Labute approximate surface area is 77.1 Å². The van der Waals surface area contributed by atoms with Crippen LogP contribution in [0.3, 0.4) is 0 Å². The van der Waals surface area contributed by atoms with Gasteiger partial charge in [-0.2, -0.15) is 0 Å². The number of hydrogen-bond acceptors (Lipinski definition) is 3. The molecule has 0 spiro atoms. The van der Waals surface area contributed by atoms with Crippen LogP contribution >= 0.6 is 0 Å². The molecule has 0 aliphatic carbocycles. The molecule has 0 aliphatic heterocycles. The topological polar surface area (TPSA) is 75.6 Å². The monoisotopic (exact) mass is 189 g/mol. The average molecular weight is 189 g/mol. The Morgan fingerprint density at radius 3 is 2.31 bits per heavy atom. The van der Waals surface area contributed by atoms with E-state index in [2.05, 4.69) is 5.32 Å². The van der Waals surface area contributed by atoms with E-state index in [0.717, 1.165) is 0 Å². The summed E-state index contributed by atoms with van der Waals surface area (Å²) in [4.78, 5) is 21.2. The number of amides is 1. The number of aliphatic carboxylic acids is 1. The van der Waals surface area contributed by atoms with Gasteiger partial charge in [0, 0.05) is 6.04 Å². The van der Waals surface area contributed by atoms with Crippen molar-refractivity contribution in [2.24, 2.45) is 0 Å². The zero-order chi connectivity index (χ0) is 10.4. The van der Waals surface area contributed by atoms with Gasteiger partial charge in [0.25, 0.3) is 0 Å². The van der Waals surface area contributed by atoms with Crippen LogP contribution in [-0.4, -0.2) is 35.7 Å². The number of nitrogens with one attached hydrogen (secondary N) is 1. The third-order valence-electron chi connectivity index (χ3n) is 1.26. The zero-order valence-electron chi connectivity index (χ0n) is 8.03. The largest absolute Gasteiger partial charge is 0.479 e. The van der Waals surface area contributed by atoms with E-state index in [4.69, 9.17) is 9.84 Å². The number of hydrogen-bond donors (Lipinski definition) is 2. The van der Waals surface area contributed by atoms with E-state index in [1.165, 1.54) is 6.92 Å². The molecule has 5 heteroatoms. The lowest BCUT2D eigenvalue weighted by Crippen LogP contribution is -2.35. The lowest BCUT2D eigenvalue weighted by atomic mass is 10.4. The molecule has 0 bridgehead atoms. The summed E-state index contributed by atoms with van der Waals surface area (Å²) in [6, 6.07) is 0.0382. The smallest absolute Gasteiger partial charge is 0.332 e. The molecular weight excluding hydrogens is 174 g/mol. The molecule has 13 heavy (non-hydrogen) atoms. The highest BCUT2D eigenvalue weighted by molar-refractivity contribution is 5.78. The van der Waals surface area contributed by atoms with Crippen LogP contribution in [0, 0.1) is 0 Å². The molecule has 1 amide bonds. The highest BCUT2D eigenvalue weighted by Crippen LogP contribution is 1.90. The van der Waals surface area contributed by atoms with Crippen LogP contribution in [-0.2, 0) is 14.3 Å². The van der Waals surface area contributed by atoms with Gasteiger partial charge >= 0.3 is 5.97 Å². The first-order valence-electron chi connectivity index (χ1n) is 4.07. The summed E-state index contributed by atoms with van der Waals surface area (Å²) in [5, 5.41) is 11.0. The van der Waals surface area contributed by atoms with Gasteiger partial charge in [-0.15, -0.1) is 0 Å². The highest BCUT2D eigenvalue weighted by atomic mass is 16.5. The van der Waals surface area contributed by atoms with Crippen molar-refractivity contribution in [1.29, 1.82) is 0 Å². The molecule has 0 rings (SSSR count). The molecule has 0 saturated heterocycles. The Balaban J connectivity index is 3.64. The molecule has 0 heterocycles. The molecule has 0 aromatic heterocycles. The minimum absolute atomic E-state index is 0.0382. The third-order valence-corrected chi connectivity index (χ3v) is 1.26. The minimum atomic E-state index is -1.07. The Bertz CT molecular complexity index is 191. The summed E-state index contributed by atoms with van der Waals surface area (Å²) in [6.07, 6.45) is -0.946. The molecule has 5 nitrogen and oxygen atoms in total. The minimum Gasteiger partial charge on any atom is -0.479 e. The standard InChI is InChI=1S/C8H15NO4/c1-5(2)9-7(10)4-13-6(3)8(11)12/h5-6H,4H2,1-3H3,(H,9,10)(H,11,12)/t6-/m1/s1. The number of carboxylic acids is 1. The van der Waals surface area contributed by atoms with E-state index in [1.807, 2.05) is 13.8 Å². The Morgan fingerprint density at radius 1 is 1.38 bits per heavy atom. The second-order valence-corrected chi connectivity index (χ2v) is 3.01. The zero-order valence-corrected chi connectivity index (χ0v) is 8.03. The molecule has 0 saturated carbocycles. The SMILES string of the molecule is CC(C)NC(=O)CO[C@H](C)C(=O)O. The van der Waals surface area contributed by atoms with Crippen LogP contribution in [0.15, 0.2) is 0 Å². The quantitative estimate of drug-likeness (QED) is 0.638. The summed E-state index contributed by atoms with van der Waals surface area (Å²) in [5.41, 5.74) is 0. The van der Waals surface area contributed by atoms with E-state index >= 15 is 0 Å². The van der Waals surface area contributed by atoms with Gasteiger partial charge in [0.2, 0.25) is 5.91 Å². The van der Waals surface area contributed by atoms with Crippen molar-refractivity contribution in [2.45, 2.75) is 32.9 Å². The molecule has 2 N–H and O–H groups in total. The molecule has 76 valence electrons. The second kappa shape index (κ2) is 5.53. The number of rotatable bonds is 5. The number of carbonyl (C=O) groups is 2. The normalized spacial score (nSPS) is 12.6. The Hall–Kier alpha value is -1.10. The Morgan fingerprint density at radius 2 is 1.92 bits per heavy atom. The summed E-state index contributed by atoms with van der Waals surface area (Å²) in [6.45, 7) is 4.80. The van der Waals surface area contributed by atoms with Crippen molar-refractivity contribution >= 4 is 11.9 Å². The maximum Gasteiger partial charge on any atom is 0.332 e. The van der Waals surface area contributed by atoms with Crippen LogP contribution in [0.4, 0.5) is 0 Å². The fourth-order valence-electron chi connectivity index (χ4n) is 0.636. The first kappa shape index (κ1) is 11.9. The van der Waals surface area contributed by atoms with E-state index in [1.54, 1.807) is 0 Å². The first-order valence-corrected chi connectivity index (χ1v) is 4.07. The van der Waals surface area contributed by atoms with Crippen LogP contribution < -0.4 is 5.32 Å². The number of carbonyl (C=O) groups excluding carboxylic acids is 1. The van der Waals surface area contributed by atoms with Crippen molar-refractivity contribution in [3.63, 3.8) is 0 Å². The summed E-state index contributed by atoms with van der Waals surface area (Å²) in [7, 11) is 0. The van der Waals surface area contributed by atoms with Gasteiger partial charge in [-0.1, -0.05) is 0 Å². The molecule has 0 unspecified atom stereocenters. The third kappa shape index (κ3) is 6.10. The van der Waals surface area contributed by atoms with Gasteiger partial charge in [-0.25, -0.2) is 4.79 Å². The lowest BCUT2D eigenvalue weighted by molar-refractivity contribution is -0.150. The predicted molar refractivity (Wildman–Crippen MR) is 46.3 cm³/mol. The molecule has 0 radical (unpaired) electrons. The highest BCUT2D eigenvalue weighted by Gasteiger charge is 2.13. The second-order valence-electron chi connectivity index (χ2n) is 3.01. The molecule has 0 fully saturated rings. The maximum absolute atomic E-state index is 11.0. The van der Waals surface area contributed by atoms with Gasteiger partial charge in [-0.3, -0.25) is 4.79 Å². The Kier molecular flexibility index (Phi) is 5.06. The van der Waals surface area contributed by atoms with Crippen molar-refractivity contribution < 1.29 is 19.4 Å². The van der Waals surface area contributed by atoms with Crippen LogP contribution in [0.1, 0.15) is 20.8 Å². The van der Waals surface area contributed by atoms with Crippen LogP contribution in [0.25, 0.3) is 0 Å². The van der Waals surface area contributed by atoms with Gasteiger partial charge < -0.3 is 15.2 Å². The van der Waals surface area contributed by atoms with Crippen LogP contribution in [0.2, 0.25) is 0 Å². The summed E-state index contributed by atoms with van der Waals surface area (Å²) < 4.78 is 4.75. The van der Waals surface area contributed by atoms with Gasteiger partial charge in [0.05, 0.1) is 0 Å². The molecule has 1 atom stereocenters. The van der Waals surface area contributed by atoms with Crippen molar-refractivity contribution in [1.82, 2.24) is 5.32 Å². The predicted octanol–water partition coefficient (Wildman–Crippen LogP) is 0.000700. The van der Waals surface area contributed by atoms with Gasteiger partial charge in [0.15, 0.2) is 6.10 Å². The van der Waals surface area contributed by atoms with E-state index in [-0.39, 0.29) is 18.6 Å². The number of ether oxygens (including phenoxy) is 1. The maximum atomic E-state index is 11.0. The van der Waals surface area contributed by atoms with Crippen molar-refractivity contribution in [3.8, 4) is 0 Å². The average Bonchev–Trinajstić information content (AvgIpc) is 1.98. The molecular formula is C8H15NO4. The van der Waals surface area contributed by atoms with Crippen LogP contribution in [0.5, 0.6) is 0 Å². The molecule has 0 aromatic rings. The lowest BCUT2D eigenvalue weighted by Gasteiger charge is -2.10.